The minimum absolute atomic E-state index is 0.161. The molecule has 0 fully saturated rings. The lowest BCUT2D eigenvalue weighted by Gasteiger charge is -2.05. The molecule has 3 nitrogen and oxygen atoms in total. The average molecular weight is 235 g/mol. The van der Waals surface area contributed by atoms with Crippen LogP contribution in [0.25, 0.3) is 0 Å². The first-order chi connectivity index (χ1) is 7.79. The van der Waals surface area contributed by atoms with Gasteiger partial charge in [-0.25, -0.2) is 4.98 Å². The highest BCUT2D eigenvalue weighted by atomic mass is 32.1. The molecular formula is C12H13NO2S. The molecule has 2 rings (SSSR count). The van der Waals surface area contributed by atoms with E-state index in [9.17, 15) is 5.11 Å². The maximum atomic E-state index is 9.50. The quantitative estimate of drug-likeness (QED) is 0.885. The van der Waals surface area contributed by atoms with Gasteiger partial charge in [-0.2, -0.15) is 0 Å². The molecule has 0 spiro atoms. The van der Waals surface area contributed by atoms with Crippen LogP contribution < -0.4 is 4.74 Å². The van der Waals surface area contributed by atoms with E-state index in [0.29, 0.717) is 12.4 Å². The molecule has 0 saturated carbocycles. The Bertz CT molecular complexity index is 468. The smallest absolute Gasteiger partial charge is 0.161 e. The van der Waals surface area contributed by atoms with Crippen LogP contribution in [0.1, 0.15) is 17.6 Å². The predicted molar refractivity (Wildman–Crippen MR) is 63.9 cm³/mol. The Balaban J connectivity index is 1.99. The number of nitrogens with zero attached hydrogens (tertiary/aromatic N) is 1. The average Bonchev–Trinajstić information content (AvgIpc) is 2.76. The highest BCUT2D eigenvalue weighted by Gasteiger charge is 2.03. The number of phenols is 1. The summed E-state index contributed by atoms with van der Waals surface area (Å²) >= 11 is 1.64. The molecule has 0 atom stereocenters. The molecule has 0 amide bonds. The number of thiazole rings is 1. The summed E-state index contributed by atoms with van der Waals surface area (Å²) in [5, 5.41) is 12.6. The van der Waals surface area contributed by atoms with Crippen LogP contribution in [-0.4, -0.2) is 10.1 Å². The van der Waals surface area contributed by atoms with Gasteiger partial charge in [-0.15, -0.1) is 11.3 Å². The Hall–Kier alpha value is -1.55. The third-order valence-corrected chi connectivity index (χ3v) is 3.18. The van der Waals surface area contributed by atoms with E-state index in [4.69, 9.17) is 4.74 Å². The van der Waals surface area contributed by atoms with Crippen molar-refractivity contribution in [2.75, 3.05) is 0 Å². The van der Waals surface area contributed by atoms with Crippen molar-refractivity contribution in [2.24, 2.45) is 0 Å². The van der Waals surface area contributed by atoms with Gasteiger partial charge in [0.25, 0.3) is 0 Å². The SMILES string of the molecule is CCc1nc(COc2ccccc2O)cs1. The van der Waals surface area contributed by atoms with Crippen molar-refractivity contribution in [3.05, 3.63) is 40.3 Å². The lowest BCUT2D eigenvalue weighted by Crippen LogP contribution is -1.96. The largest absolute Gasteiger partial charge is 0.504 e. The maximum Gasteiger partial charge on any atom is 0.161 e. The standard InChI is InChI=1S/C12H13NO2S/c1-2-12-13-9(8-16-12)7-15-11-6-4-3-5-10(11)14/h3-6,8,14H,2,7H2,1H3. The molecule has 0 bridgehead atoms. The molecule has 1 heterocycles. The van der Waals surface area contributed by atoms with E-state index in [1.807, 2.05) is 11.4 Å². The summed E-state index contributed by atoms with van der Waals surface area (Å²) in [6, 6.07) is 6.93. The monoisotopic (exact) mass is 235 g/mol. The lowest BCUT2D eigenvalue weighted by atomic mass is 10.3. The molecule has 0 unspecified atom stereocenters. The van der Waals surface area contributed by atoms with Gasteiger partial charge in [-0.1, -0.05) is 19.1 Å². The molecule has 2 aromatic rings. The van der Waals surface area contributed by atoms with Gasteiger partial charge >= 0.3 is 0 Å². The first-order valence-electron chi connectivity index (χ1n) is 5.13. The van der Waals surface area contributed by atoms with Crippen LogP contribution in [0.2, 0.25) is 0 Å². The van der Waals surface area contributed by atoms with Crippen molar-refractivity contribution < 1.29 is 9.84 Å². The molecule has 0 aliphatic rings. The van der Waals surface area contributed by atoms with E-state index in [2.05, 4.69) is 11.9 Å². The zero-order chi connectivity index (χ0) is 11.4. The van der Waals surface area contributed by atoms with Crippen LogP contribution >= 0.6 is 11.3 Å². The van der Waals surface area contributed by atoms with E-state index in [1.165, 1.54) is 0 Å². The summed E-state index contributed by atoms with van der Waals surface area (Å²) in [7, 11) is 0. The number of benzene rings is 1. The molecule has 1 aromatic carbocycles. The van der Waals surface area contributed by atoms with Gasteiger partial charge in [0.2, 0.25) is 0 Å². The first-order valence-corrected chi connectivity index (χ1v) is 6.01. The molecule has 1 aromatic heterocycles. The van der Waals surface area contributed by atoms with E-state index < -0.39 is 0 Å². The second-order valence-electron chi connectivity index (χ2n) is 3.34. The van der Waals surface area contributed by atoms with Crippen molar-refractivity contribution in [2.45, 2.75) is 20.0 Å². The van der Waals surface area contributed by atoms with Crippen molar-refractivity contribution in [3.8, 4) is 11.5 Å². The number of rotatable bonds is 4. The fraction of sp³-hybridized carbons (Fsp3) is 0.250. The number of hydrogen-bond acceptors (Lipinski definition) is 4. The van der Waals surface area contributed by atoms with E-state index in [-0.39, 0.29) is 5.75 Å². The third kappa shape index (κ3) is 2.52. The number of aryl methyl sites for hydroxylation is 1. The maximum absolute atomic E-state index is 9.50. The Labute approximate surface area is 98.4 Å². The first kappa shape index (κ1) is 11.0. The third-order valence-electron chi connectivity index (χ3n) is 2.14. The normalized spacial score (nSPS) is 10.3. The fourth-order valence-corrected chi connectivity index (χ4v) is 2.04. The topological polar surface area (TPSA) is 42.4 Å². The second kappa shape index (κ2) is 4.99. The highest BCUT2D eigenvalue weighted by molar-refractivity contribution is 7.09. The highest BCUT2D eigenvalue weighted by Crippen LogP contribution is 2.25. The lowest BCUT2D eigenvalue weighted by molar-refractivity contribution is 0.285. The molecule has 84 valence electrons. The van der Waals surface area contributed by atoms with Gasteiger partial charge < -0.3 is 9.84 Å². The van der Waals surface area contributed by atoms with Gasteiger partial charge in [0, 0.05) is 5.38 Å². The summed E-state index contributed by atoms with van der Waals surface area (Å²) in [6.45, 7) is 2.47. The number of aromatic hydroxyl groups is 1. The molecule has 1 N–H and O–H groups in total. The van der Waals surface area contributed by atoms with Gasteiger partial charge in [0.15, 0.2) is 11.5 Å². The van der Waals surface area contributed by atoms with Crippen LogP contribution in [0.3, 0.4) is 0 Å². The van der Waals surface area contributed by atoms with Crippen LogP contribution in [-0.2, 0) is 13.0 Å². The predicted octanol–water partition coefficient (Wildman–Crippen LogP) is 2.99. The Morgan fingerprint density at radius 3 is 2.88 bits per heavy atom. The van der Waals surface area contributed by atoms with Gasteiger partial charge in [-0.05, 0) is 18.6 Å². The Kier molecular flexibility index (Phi) is 3.41. The van der Waals surface area contributed by atoms with Crippen LogP contribution in [0.15, 0.2) is 29.6 Å². The molecule has 0 aliphatic heterocycles. The second-order valence-corrected chi connectivity index (χ2v) is 4.29. The van der Waals surface area contributed by atoms with Gasteiger partial charge in [-0.3, -0.25) is 0 Å². The fourth-order valence-electron chi connectivity index (χ4n) is 1.31. The molecule has 0 radical (unpaired) electrons. The number of hydrogen-bond donors (Lipinski definition) is 1. The Morgan fingerprint density at radius 2 is 2.19 bits per heavy atom. The summed E-state index contributed by atoms with van der Waals surface area (Å²) in [5.74, 6) is 0.655. The molecular weight excluding hydrogens is 222 g/mol. The van der Waals surface area contributed by atoms with Crippen LogP contribution in [0, 0.1) is 0 Å². The summed E-state index contributed by atoms with van der Waals surface area (Å²) in [5.41, 5.74) is 0.908. The zero-order valence-electron chi connectivity index (χ0n) is 9.01. The Morgan fingerprint density at radius 1 is 1.38 bits per heavy atom. The van der Waals surface area contributed by atoms with Crippen molar-refractivity contribution >= 4 is 11.3 Å². The van der Waals surface area contributed by atoms with Gasteiger partial charge in [0.1, 0.15) is 6.61 Å². The summed E-state index contributed by atoms with van der Waals surface area (Å²) in [4.78, 5) is 4.39. The number of ether oxygens (including phenoxy) is 1. The van der Waals surface area contributed by atoms with E-state index >= 15 is 0 Å². The van der Waals surface area contributed by atoms with Gasteiger partial charge in [0.05, 0.1) is 10.7 Å². The zero-order valence-corrected chi connectivity index (χ0v) is 9.83. The van der Waals surface area contributed by atoms with Crippen molar-refractivity contribution in [1.29, 1.82) is 0 Å². The number of para-hydroxylation sites is 2. The van der Waals surface area contributed by atoms with E-state index in [1.54, 1.807) is 29.5 Å². The minimum Gasteiger partial charge on any atom is -0.504 e. The summed E-state index contributed by atoms with van der Waals surface area (Å²) < 4.78 is 5.47. The van der Waals surface area contributed by atoms with Crippen LogP contribution in [0.5, 0.6) is 11.5 Å². The molecule has 0 aliphatic carbocycles. The van der Waals surface area contributed by atoms with E-state index in [0.717, 1.165) is 17.1 Å². The number of aromatic nitrogens is 1. The molecule has 0 saturated heterocycles. The summed E-state index contributed by atoms with van der Waals surface area (Å²) in [6.07, 6.45) is 0.946. The van der Waals surface area contributed by atoms with Crippen molar-refractivity contribution in [1.82, 2.24) is 4.98 Å². The molecule has 16 heavy (non-hydrogen) atoms. The van der Waals surface area contributed by atoms with Crippen LogP contribution in [0.4, 0.5) is 0 Å². The molecule has 4 heteroatoms. The number of phenolic OH excluding ortho intramolecular Hbond substituents is 1. The van der Waals surface area contributed by atoms with Crippen molar-refractivity contribution in [3.63, 3.8) is 0 Å². The minimum atomic E-state index is 0.161.